The van der Waals surface area contributed by atoms with Crippen LogP contribution in [-0.2, 0) is 0 Å². The van der Waals surface area contributed by atoms with E-state index in [1.165, 1.54) is 20.2 Å². The van der Waals surface area contributed by atoms with E-state index in [0.29, 0.717) is 6.04 Å². The summed E-state index contributed by atoms with van der Waals surface area (Å²) in [6, 6.07) is 13.4. The molecule has 0 aliphatic carbocycles. The maximum atomic E-state index is 3.60. The van der Waals surface area contributed by atoms with Crippen LogP contribution in [0.25, 0.3) is 0 Å². The fraction of sp³-hybridized carbons (Fsp3) is 0.333. The Kier molecular flexibility index (Phi) is 4.87. The second-order valence-electron chi connectivity index (χ2n) is 4.18. The molecule has 2 aromatic rings. The molecule has 1 aromatic heterocycles. The van der Waals surface area contributed by atoms with Crippen molar-refractivity contribution in [3.05, 3.63) is 51.7 Å². The van der Waals surface area contributed by atoms with Crippen LogP contribution in [0, 0.1) is 6.92 Å². The molecule has 2 rings (SSSR count). The molecule has 0 fully saturated rings. The minimum atomic E-state index is 0.317. The van der Waals surface area contributed by atoms with Crippen molar-refractivity contribution in [2.24, 2.45) is 0 Å². The van der Waals surface area contributed by atoms with Gasteiger partial charge in [0.05, 0.1) is 6.04 Å². The normalized spacial score (nSPS) is 12.6. The molecule has 0 bridgehead atoms. The van der Waals surface area contributed by atoms with Gasteiger partial charge in [-0.05, 0) is 43.5 Å². The number of hydrogen-bond acceptors (Lipinski definition) is 3. The quantitative estimate of drug-likeness (QED) is 0.809. The van der Waals surface area contributed by atoms with Gasteiger partial charge >= 0.3 is 0 Å². The van der Waals surface area contributed by atoms with Crippen LogP contribution in [-0.4, -0.2) is 12.8 Å². The summed E-state index contributed by atoms with van der Waals surface area (Å²) in [6.07, 6.45) is 2.14. The van der Waals surface area contributed by atoms with Crippen LogP contribution in [0.2, 0.25) is 0 Å². The number of hydrogen-bond donors (Lipinski definition) is 1. The molecule has 3 heteroatoms. The van der Waals surface area contributed by atoms with Gasteiger partial charge in [0.1, 0.15) is 0 Å². The van der Waals surface area contributed by atoms with Gasteiger partial charge in [0.2, 0.25) is 0 Å². The molecule has 96 valence electrons. The first-order chi connectivity index (χ1) is 8.76. The van der Waals surface area contributed by atoms with Gasteiger partial charge in [0.25, 0.3) is 0 Å². The molecule has 1 heterocycles. The number of aryl methyl sites for hydroxylation is 1. The Balaban J connectivity index is 2.41. The van der Waals surface area contributed by atoms with Gasteiger partial charge < -0.3 is 5.32 Å². The summed E-state index contributed by atoms with van der Waals surface area (Å²) in [7, 11) is 0. The second-order valence-corrected chi connectivity index (χ2v) is 6.35. The first-order valence-electron chi connectivity index (χ1n) is 6.19. The molecule has 0 saturated carbocycles. The fourth-order valence-corrected chi connectivity index (χ4v) is 3.69. The Morgan fingerprint density at radius 3 is 2.61 bits per heavy atom. The zero-order valence-electron chi connectivity index (χ0n) is 11.1. The lowest BCUT2D eigenvalue weighted by Gasteiger charge is -2.19. The fourth-order valence-electron chi connectivity index (χ4n) is 2.08. The lowest BCUT2D eigenvalue weighted by Crippen LogP contribution is -2.21. The highest BCUT2D eigenvalue weighted by Crippen LogP contribution is 2.33. The molecule has 1 aromatic carbocycles. The highest BCUT2D eigenvalue weighted by atomic mass is 32.2. The van der Waals surface area contributed by atoms with Gasteiger partial charge in [-0.25, -0.2) is 0 Å². The van der Waals surface area contributed by atoms with Crippen LogP contribution in [0.4, 0.5) is 0 Å². The van der Waals surface area contributed by atoms with E-state index in [1.54, 1.807) is 0 Å². The minimum absolute atomic E-state index is 0.317. The van der Waals surface area contributed by atoms with E-state index < -0.39 is 0 Å². The van der Waals surface area contributed by atoms with Gasteiger partial charge in [-0.3, -0.25) is 0 Å². The average Bonchev–Trinajstić information content (AvgIpc) is 2.82. The van der Waals surface area contributed by atoms with Gasteiger partial charge in [-0.15, -0.1) is 23.1 Å². The van der Waals surface area contributed by atoms with E-state index in [0.717, 1.165) is 6.54 Å². The molecule has 1 N–H and O–H groups in total. The molecule has 0 amide bonds. The van der Waals surface area contributed by atoms with Crippen molar-refractivity contribution in [2.45, 2.75) is 24.8 Å². The topological polar surface area (TPSA) is 12.0 Å². The largest absolute Gasteiger partial charge is 0.306 e. The molecule has 0 radical (unpaired) electrons. The predicted molar refractivity (Wildman–Crippen MR) is 82.8 cm³/mol. The molecule has 0 spiro atoms. The summed E-state index contributed by atoms with van der Waals surface area (Å²) in [5.41, 5.74) is 1.38. The van der Waals surface area contributed by atoms with E-state index in [1.807, 2.05) is 23.1 Å². The Morgan fingerprint density at radius 1 is 1.22 bits per heavy atom. The first-order valence-corrected chi connectivity index (χ1v) is 8.23. The Bertz CT molecular complexity index is 505. The molecule has 0 saturated heterocycles. The number of benzene rings is 1. The maximum absolute atomic E-state index is 3.60. The first kappa shape index (κ1) is 13.7. The molecule has 1 nitrogen and oxygen atoms in total. The average molecular weight is 277 g/mol. The van der Waals surface area contributed by atoms with Crippen molar-refractivity contribution in [1.82, 2.24) is 5.32 Å². The van der Waals surface area contributed by atoms with Crippen molar-refractivity contribution in [2.75, 3.05) is 12.8 Å². The predicted octanol–water partition coefficient (Wildman–Crippen LogP) is 4.48. The van der Waals surface area contributed by atoms with Gasteiger partial charge in [-0.1, -0.05) is 25.1 Å². The number of nitrogens with one attached hydrogen (secondary N) is 1. The second kappa shape index (κ2) is 6.41. The molecule has 0 aliphatic rings. The third-order valence-corrected chi connectivity index (χ3v) is 4.78. The summed E-state index contributed by atoms with van der Waals surface area (Å²) < 4.78 is 0. The van der Waals surface area contributed by atoms with Crippen molar-refractivity contribution in [3.63, 3.8) is 0 Å². The van der Waals surface area contributed by atoms with Crippen molar-refractivity contribution in [1.29, 1.82) is 0 Å². The highest BCUT2D eigenvalue weighted by Gasteiger charge is 2.17. The van der Waals surface area contributed by atoms with Crippen molar-refractivity contribution >= 4 is 23.1 Å². The molecular formula is C15H19NS2. The van der Waals surface area contributed by atoms with Crippen LogP contribution in [0.1, 0.15) is 28.3 Å². The van der Waals surface area contributed by atoms with Gasteiger partial charge in [0, 0.05) is 14.6 Å². The zero-order chi connectivity index (χ0) is 13.0. The van der Waals surface area contributed by atoms with Gasteiger partial charge in [0.15, 0.2) is 0 Å². The number of thioether (sulfide) groups is 1. The summed E-state index contributed by atoms with van der Waals surface area (Å²) >= 11 is 3.69. The zero-order valence-corrected chi connectivity index (χ0v) is 12.7. The SMILES string of the molecule is CCNC(c1ccc(C)s1)c1ccccc1SC. The van der Waals surface area contributed by atoms with Crippen LogP contribution in [0.15, 0.2) is 41.3 Å². The van der Waals surface area contributed by atoms with Crippen LogP contribution < -0.4 is 5.32 Å². The summed E-state index contributed by atoms with van der Waals surface area (Å²) in [5.74, 6) is 0. The third kappa shape index (κ3) is 2.97. The minimum Gasteiger partial charge on any atom is -0.306 e. The Morgan fingerprint density at radius 2 is 2.00 bits per heavy atom. The van der Waals surface area contributed by atoms with Crippen LogP contribution in [0.5, 0.6) is 0 Å². The summed E-state index contributed by atoms with van der Waals surface area (Å²) in [6.45, 7) is 5.30. The number of rotatable bonds is 5. The maximum Gasteiger partial charge on any atom is 0.0681 e. The summed E-state index contributed by atoms with van der Waals surface area (Å²) in [4.78, 5) is 4.12. The van der Waals surface area contributed by atoms with Crippen molar-refractivity contribution < 1.29 is 0 Å². The summed E-state index contributed by atoms with van der Waals surface area (Å²) in [5, 5.41) is 3.60. The standard InChI is InChI=1S/C15H19NS2/c1-4-16-15(14-10-9-11(2)18-14)12-7-5-6-8-13(12)17-3/h5-10,15-16H,4H2,1-3H3. The van der Waals surface area contributed by atoms with Crippen molar-refractivity contribution in [3.8, 4) is 0 Å². The van der Waals surface area contributed by atoms with E-state index in [9.17, 15) is 0 Å². The smallest absolute Gasteiger partial charge is 0.0681 e. The number of thiophene rings is 1. The Hall–Kier alpha value is -0.770. The molecule has 1 unspecified atom stereocenters. The van der Waals surface area contributed by atoms with Crippen LogP contribution >= 0.6 is 23.1 Å². The van der Waals surface area contributed by atoms with E-state index in [-0.39, 0.29) is 0 Å². The van der Waals surface area contributed by atoms with E-state index >= 15 is 0 Å². The molecular weight excluding hydrogens is 258 g/mol. The Labute approximate surface area is 118 Å². The molecule has 1 atom stereocenters. The lowest BCUT2D eigenvalue weighted by atomic mass is 10.1. The van der Waals surface area contributed by atoms with E-state index in [4.69, 9.17) is 0 Å². The molecule has 0 aliphatic heterocycles. The highest BCUT2D eigenvalue weighted by molar-refractivity contribution is 7.98. The monoisotopic (exact) mass is 277 g/mol. The third-order valence-electron chi connectivity index (χ3n) is 2.90. The molecule has 18 heavy (non-hydrogen) atoms. The van der Waals surface area contributed by atoms with E-state index in [2.05, 4.69) is 61.8 Å². The van der Waals surface area contributed by atoms with Gasteiger partial charge in [-0.2, -0.15) is 0 Å². The lowest BCUT2D eigenvalue weighted by molar-refractivity contribution is 0.631. The van der Waals surface area contributed by atoms with Crippen LogP contribution in [0.3, 0.4) is 0 Å².